The average Bonchev–Trinajstić information content (AvgIpc) is 3.11. The summed E-state index contributed by atoms with van der Waals surface area (Å²) >= 11 is 1.68. The van der Waals surface area contributed by atoms with Crippen LogP contribution in [0.3, 0.4) is 0 Å². The maximum absolute atomic E-state index is 13.0. The largest absolute Gasteiger partial charge is 0.361 e. The molecule has 4 nitrogen and oxygen atoms in total. The lowest BCUT2D eigenvalue weighted by atomic mass is 9.82. The van der Waals surface area contributed by atoms with Crippen molar-refractivity contribution in [1.29, 1.82) is 0 Å². The van der Waals surface area contributed by atoms with Crippen LogP contribution in [-0.4, -0.2) is 33.8 Å². The monoisotopic (exact) mass is 398 g/mol. The standard InChI is InChI=1S/C23H30N2O2S/c1-14-5-8-21(15(2)9-14)18-10-19-6-7-20(11-18)25(19)23(26)13-28-12-22-16(3)24-27-17(22)4/h5,8-9,18-20H,6-7,10-13H2,1-4H3. The smallest absolute Gasteiger partial charge is 0.233 e. The van der Waals surface area contributed by atoms with Gasteiger partial charge in [0, 0.05) is 23.4 Å². The minimum Gasteiger partial charge on any atom is -0.361 e. The van der Waals surface area contributed by atoms with Crippen molar-refractivity contribution in [3.8, 4) is 0 Å². The maximum atomic E-state index is 13.0. The zero-order valence-corrected chi connectivity index (χ0v) is 18.1. The number of carbonyl (C=O) groups is 1. The second-order valence-corrected chi connectivity index (χ2v) is 9.50. The molecule has 2 bridgehead atoms. The number of piperidine rings is 1. The van der Waals surface area contributed by atoms with Crippen LogP contribution < -0.4 is 0 Å². The zero-order valence-electron chi connectivity index (χ0n) is 17.3. The quantitative estimate of drug-likeness (QED) is 0.705. The van der Waals surface area contributed by atoms with Gasteiger partial charge in [-0.3, -0.25) is 4.79 Å². The molecule has 2 fully saturated rings. The molecule has 1 aromatic carbocycles. The minimum absolute atomic E-state index is 0.309. The summed E-state index contributed by atoms with van der Waals surface area (Å²) in [5.74, 6) is 3.11. The van der Waals surface area contributed by atoms with Crippen molar-refractivity contribution in [2.45, 2.75) is 77.1 Å². The van der Waals surface area contributed by atoms with Gasteiger partial charge in [0.05, 0.1) is 11.4 Å². The first kappa shape index (κ1) is 19.6. The van der Waals surface area contributed by atoms with Gasteiger partial charge in [0.25, 0.3) is 0 Å². The number of carbonyl (C=O) groups excluding carboxylic acids is 1. The number of fused-ring (bicyclic) bond motifs is 2. The topological polar surface area (TPSA) is 46.3 Å². The Bertz CT molecular complexity index is 842. The number of thioether (sulfide) groups is 1. The van der Waals surface area contributed by atoms with Crippen molar-refractivity contribution in [3.05, 3.63) is 51.9 Å². The lowest BCUT2D eigenvalue weighted by Crippen LogP contribution is -2.46. The van der Waals surface area contributed by atoms with Crippen molar-refractivity contribution in [2.24, 2.45) is 0 Å². The predicted molar refractivity (Wildman–Crippen MR) is 114 cm³/mol. The predicted octanol–water partition coefficient (Wildman–Crippen LogP) is 5.08. The summed E-state index contributed by atoms with van der Waals surface area (Å²) in [6.45, 7) is 8.29. The van der Waals surface area contributed by atoms with E-state index in [4.69, 9.17) is 4.52 Å². The molecule has 0 spiro atoms. The van der Waals surface area contributed by atoms with E-state index < -0.39 is 0 Å². The molecular formula is C23H30N2O2S. The van der Waals surface area contributed by atoms with Gasteiger partial charge in [-0.1, -0.05) is 28.9 Å². The van der Waals surface area contributed by atoms with Crippen LogP contribution in [0.25, 0.3) is 0 Å². The van der Waals surface area contributed by atoms with Crippen LogP contribution in [0.15, 0.2) is 22.7 Å². The third-order valence-electron chi connectivity index (χ3n) is 6.54. The highest BCUT2D eigenvalue weighted by atomic mass is 32.2. The van der Waals surface area contributed by atoms with Crippen LogP contribution in [0.5, 0.6) is 0 Å². The number of aryl methyl sites for hydroxylation is 4. The molecule has 2 atom stereocenters. The number of hydrogen-bond donors (Lipinski definition) is 0. The van der Waals surface area contributed by atoms with Crippen LogP contribution in [0.4, 0.5) is 0 Å². The first-order chi connectivity index (χ1) is 13.4. The van der Waals surface area contributed by atoms with Gasteiger partial charge in [-0.2, -0.15) is 0 Å². The first-order valence-corrected chi connectivity index (χ1v) is 11.5. The van der Waals surface area contributed by atoms with Gasteiger partial charge in [0.1, 0.15) is 5.76 Å². The van der Waals surface area contributed by atoms with E-state index >= 15 is 0 Å². The summed E-state index contributed by atoms with van der Waals surface area (Å²) in [5.41, 5.74) is 6.29. The second kappa shape index (κ2) is 7.94. The lowest BCUT2D eigenvalue weighted by molar-refractivity contribution is -0.132. The average molecular weight is 399 g/mol. The number of nitrogens with zero attached hydrogens (tertiary/aromatic N) is 2. The normalized spacial score (nSPS) is 24.0. The molecule has 4 rings (SSSR count). The van der Waals surface area contributed by atoms with E-state index in [9.17, 15) is 4.79 Å². The number of amides is 1. The highest BCUT2D eigenvalue weighted by Gasteiger charge is 2.43. The summed E-state index contributed by atoms with van der Waals surface area (Å²) in [6, 6.07) is 7.66. The number of aromatic nitrogens is 1. The van der Waals surface area contributed by atoms with Crippen molar-refractivity contribution >= 4 is 17.7 Å². The molecule has 0 aliphatic carbocycles. The van der Waals surface area contributed by atoms with Crippen LogP contribution >= 0.6 is 11.8 Å². The summed E-state index contributed by atoms with van der Waals surface area (Å²) in [7, 11) is 0. The van der Waals surface area contributed by atoms with Gasteiger partial charge >= 0.3 is 0 Å². The van der Waals surface area contributed by atoms with Gasteiger partial charge in [-0.05, 0) is 70.4 Å². The highest BCUT2D eigenvalue weighted by molar-refractivity contribution is 7.99. The van der Waals surface area contributed by atoms with E-state index in [0.29, 0.717) is 29.7 Å². The Morgan fingerprint density at radius 2 is 1.89 bits per heavy atom. The van der Waals surface area contributed by atoms with Gasteiger partial charge in [0.15, 0.2) is 0 Å². The Morgan fingerprint density at radius 3 is 2.50 bits per heavy atom. The second-order valence-electron chi connectivity index (χ2n) is 8.51. The van der Waals surface area contributed by atoms with Gasteiger partial charge in [-0.15, -0.1) is 11.8 Å². The number of rotatable bonds is 5. The lowest BCUT2D eigenvalue weighted by Gasteiger charge is -2.39. The van der Waals surface area contributed by atoms with Crippen molar-refractivity contribution in [3.63, 3.8) is 0 Å². The summed E-state index contributed by atoms with van der Waals surface area (Å²) in [5, 5.41) is 4.00. The fourth-order valence-corrected chi connectivity index (χ4v) is 6.19. The van der Waals surface area contributed by atoms with Crippen molar-refractivity contribution < 1.29 is 9.32 Å². The molecule has 1 aromatic heterocycles. The molecule has 150 valence electrons. The molecule has 28 heavy (non-hydrogen) atoms. The third-order valence-corrected chi connectivity index (χ3v) is 7.48. The van der Waals surface area contributed by atoms with Crippen LogP contribution in [0.1, 0.15) is 65.3 Å². The molecule has 0 saturated carbocycles. The van der Waals surface area contributed by atoms with Crippen molar-refractivity contribution in [1.82, 2.24) is 10.1 Å². The van der Waals surface area contributed by atoms with E-state index in [1.165, 1.54) is 16.7 Å². The van der Waals surface area contributed by atoms with Crippen molar-refractivity contribution in [2.75, 3.05) is 5.75 Å². The van der Waals surface area contributed by atoms with E-state index in [0.717, 1.165) is 48.5 Å². The Morgan fingerprint density at radius 1 is 1.18 bits per heavy atom. The Labute approximate surface area is 172 Å². The number of hydrogen-bond acceptors (Lipinski definition) is 4. The Hall–Kier alpha value is -1.75. The molecule has 1 amide bonds. The van der Waals surface area contributed by atoms with Crippen LogP contribution in [0, 0.1) is 27.7 Å². The summed E-state index contributed by atoms with van der Waals surface area (Å²) in [6.07, 6.45) is 4.54. The molecule has 2 unspecified atom stereocenters. The van der Waals surface area contributed by atoms with Crippen LogP contribution in [0.2, 0.25) is 0 Å². The summed E-state index contributed by atoms with van der Waals surface area (Å²) in [4.78, 5) is 15.2. The molecule has 3 heterocycles. The van der Waals surface area contributed by atoms with Gasteiger partial charge < -0.3 is 9.42 Å². The van der Waals surface area contributed by atoms with E-state index in [-0.39, 0.29) is 0 Å². The minimum atomic E-state index is 0.309. The number of benzene rings is 1. The molecule has 0 radical (unpaired) electrons. The van der Waals surface area contributed by atoms with E-state index in [1.54, 1.807) is 11.8 Å². The molecule has 2 aliphatic rings. The Kier molecular flexibility index (Phi) is 5.55. The van der Waals surface area contributed by atoms with E-state index in [2.05, 4.69) is 42.1 Å². The highest BCUT2D eigenvalue weighted by Crippen LogP contribution is 2.44. The molecular weight excluding hydrogens is 368 g/mol. The summed E-state index contributed by atoms with van der Waals surface area (Å²) < 4.78 is 5.23. The van der Waals surface area contributed by atoms with Gasteiger partial charge in [-0.25, -0.2) is 0 Å². The fraction of sp³-hybridized carbons (Fsp3) is 0.565. The Balaban J connectivity index is 1.37. The first-order valence-electron chi connectivity index (χ1n) is 10.3. The van der Waals surface area contributed by atoms with E-state index in [1.807, 2.05) is 13.8 Å². The maximum Gasteiger partial charge on any atom is 0.233 e. The zero-order chi connectivity index (χ0) is 19.8. The molecule has 2 aromatic rings. The molecule has 2 aliphatic heterocycles. The molecule has 5 heteroatoms. The molecule has 0 N–H and O–H groups in total. The third kappa shape index (κ3) is 3.73. The molecule has 2 saturated heterocycles. The fourth-order valence-electron chi connectivity index (χ4n) is 5.14. The SMILES string of the molecule is Cc1ccc(C2CC3CCC(C2)N3C(=O)CSCc2c(C)noc2C)c(C)c1. The van der Waals surface area contributed by atoms with Crippen LogP contribution in [-0.2, 0) is 10.5 Å². The van der Waals surface area contributed by atoms with Gasteiger partial charge in [0.2, 0.25) is 5.91 Å².